The van der Waals surface area contributed by atoms with Gasteiger partial charge in [0.25, 0.3) is 5.56 Å². The molecule has 0 aliphatic heterocycles. The van der Waals surface area contributed by atoms with Crippen LogP contribution in [0.5, 0.6) is 5.75 Å². The number of nitrogens with zero attached hydrogens (tertiary/aromatic N) is 3. The first kappa shape index (κ1) is 20.7. The van der Waals surface area contributed by atoms with Crippen LogP contribution in [0.2, 0.25) is 0 Å². The number of aliphatic hydroxyl groups is 1. The summed E-state index contributed by atoms with van der Waals surface area (Å²) < 4.78 is 45.7. The van der Waals surface area contributed by atoms with Crippen LogP contribution >= 0.6 is 0 Å². The lowest BCUT2D eigenvalue weighted by Gasteiger charge is -2.11. The molecule has 0 radical (unpaired) electrons. The van der Waals surface area contributed by atoms with Gasteiger partial charge in [0, 0.05) is 32.8 Å². The highest BCUT2D eigenvalue weighted by Crippen LogP contribution is 2.33. The van der Waals surface area contributed by atoms with Crippen molar-refractivity contribution < 1.29 is 23.0 Å². The predicted octanol–water partition coefficient (Wildman–Crippen LogP) is 2.30. The van der Waals surface area contributed by atoms with E-state index >= 15 is 0 Å². The number of hydrogen-bond acceptors (Lipinski definition) is 4. The monoisotopic (exact) mass is 411 g/mol. The van der Waals surface area contributed by atoms with Gasteiger partial charge in [0.15, 0.2) is 0 Å². The lowest BCUT2D eigenvalue weighted by atomic mass is 10.1. The van der Waals surface area contributed by atoms with Gasteiger partial charge in [-0.3, -0.25) is 13.9 Å². The Labute approximate surface area is 163 Å². The van der Waals surface area contributed by atoms with Gasteiger partial charge in [-0.25, -0.2) is 4.79 Å². The highest BCUT2D eigenvalue weighted by molar-refractivity contribution is 5.88. The molecule has 1 aromatic carbocycles. The second-order valence-electron chi connectivity index (χ2n) is 6.68. The molecule has 156 valence electrons. The van der Waals surface area contributed by atoms with Crippen molar-refractivity contribution >= 4 is 11.0 Å². The van der Waals surface area contributed by atoms with E-state index in [9.17, 15) is 22.8 Å². The van der Waals surface area contributed by atoms with Crippen molar-refractivity contribution in [2.45, 2.75) is 26.3 Å². The number of aliphatic hydroxyl groups excluding tert-OH is 1. The standard InChI is InChI=1S/C19H20F3N3O4/c1-11-14(12-6-4-7-13(10-12)29-19(20,21)22)23(2)16-15(11)24(3)18(28)25(17(16)27)8-5-9-26/h4,6-7,10,26H,5,8-9H2,1-3H3. The Hall–Kier alpha value is -3.01. The molecule has 7 nitrogen and oxygen atoms in total. The van der Waals surface area contributed by atoms with Gasteiger partial charge in [0.1, 0.15) is 11.3 Å². The van der Waals surface area contributed by atoms with Gasteiger partial charge in [0.05, 0.1) is 11.2 Å². The summed E-state index contributed by atoms with van der Waals surface area (Å²) in [5.74, 6) is -0.381. The first-order valence-electron chi connectivity index (χ1n) is 8.82. The summed E-state index contributed by atoms with van der Waals surface area (Å²) >= 11 is 0. The number of aryl methyl sites for hydroxylation is 3. The maximum Gasteiger partial charge on any atom is 0.573 e. The molecule has 0 saturated carbocycles. The molecule has 2 heterocycles. The van der Waals surface area contributed by atoms with Gasteiger partial charge in [-0.1, -0.05) is 12.1 Å². The molecule has 0 spiro atoms. The van der Waals surface area contributed by atoms with Crippen LogP contribution in [-0.2, 0) is 20.6 Å². The zero-order chi connectivity index (χ0) is 21.5. The third-order valence-corrected chi connectivity index (χ3v) is 4.79. The second-order valence-corrected chi connectivity index (χ2v) is 6.68. The summed E-state index contributed by atoms with van der Waals surface area (Å²) in [4.78, 5) is 25.6. The molecule has 2 aromatic heterocycles. The third-order valence-electron chi connectivity index (χ3n) is 4.79. The fraction of sp³-hybridized carbons (Fsp3) is 0.368. The number of fused-ring (bicyclic) bond motifs is 1. The Morgan fingerprint density at radius 2 is 1.79 bits per heavy atom. The number of halogens is 3. The van der Waals surface area contributed by atoms with Gasteiger partial charge < -0.3 is 14.4 Å². The van der Waals surface area contributed by atoms with Crippen molar-refractivity contribution in [1.29, 1.82) is 0 Å². The number of ether oxygens (including phenoxy) is 1. The first-order valence-corrected chi connectivity index (χ1v) is 8.82. The molecule has 29 heavy (non-hydrogen) atoms. The van der Waals surface area contributed by atoms with Crippen molar-refractivity contribution in [2.75, 3.05) is 6.61 Å². The minimum absolute atomic E-state index is 0.0619. The summed E-state index contributed by atoms with van der Waals surface area (Å²) in [6.45, 7) is 1.59. The molecule has 3 rings (SSSR count). The number of alkyl halides is 3. The molecule has 0 saturated heterocycles. The lowest BCUT2D eigenvalue weighted by molar-refractivity contribution is -0.274. The van der Waals surface area contributed by atoms with E-state index in [0.29, 0.717) is 22.3 Å². The van der Waals surface area contributed by atoms with Gasteiger partial charge in [0.2, 0.25) is 0 Å². The van der Waals surface area contributed by atoms with Crippen molar-refractivity contribution in [2.24, 2.45) is 14.1 Å². The van der Waals surface area contributed by atoms with Gasteiger partial charge in [-0.05, 0) is 31.0 Å². The maximum absolute atomic E-state index is 13.0. The quantitative estimate of drug-likeness (QED) is 0.699. The van der Waals surface area contributed by atoms with Gasteiger partial charge >= 0.3 is 12.1 Å². The maximum atomic E-state index is 13.0. The summed E-state index contributed by atoms with van der Waals surface area (Å²) in [7, 11) is 3.14. The van der Waals surface area contributed by atoms with E-state index in [1.807, 2.05) is 0 Å². The van der Waals surface area contributed by atoms with Crippen molar-refractivity contribution in [1.82, 2.24) is 13.7 Å². The molecule has 0 bridgehead atoms. The number of rotatable bonds is 5. The van der Waals surface area contributed by atoms with E-state index in [1.165, 1.54) is 29.8 Å². The molecule has 0 aliphatic carbocycles. The highest BCUT2D eigenvalue weighted by Gasteiger charge is 2.31. The normalized spacial score (nSPS) is 12.0. The number of benzene rings is 1. The highest BCUT2D eigenvalue weighted by atomic mass is 19.4. The SMILES string of the molecule is Cc1c(-c2cccc(OC(F)(F)F)c2)n(C)c2c(=O)n(CCCO)c(=O)n(C)c12. The minimum atomic E-state index is -4.82. The molecule has 3 aromatic rings. The third kappa shape index (κ3) is 3.67. The Balaban J connectivity index is 2.28. The summed E-state index contributed by atoms with van der Waals surface area (Å²) in [5, 5.41) is 9.03. The molecule has 0 amide bonds. The van der Waals surface area contributed by atoms with Crippen LogP contribution in [0.15, 0.2) is 33.9 Å². The topological polar surface area (TPSA) is 78.4 Å². The van der Waals surface area contributed by atoms with E-state index in [0.717, 1.165) is 4.57 Å². The largest absolute Gasteiger partial charge is 0.573 e. The van der Waals surface area contributed by atoms with E-state index in [-0.39, 0.29) is 30.8 Å². The van der Waals surface area contributed by atoms with Gasteiger partial charge in [-0.2, -0.15) is 0 Å². The average Bonchev–Trinajstić information content (AvgIpc) is 2.89. The number of hydrogen-bond donors (Lipinski definition) is 1. The van der Waals surface area contributed by atoms with Crippen LogP contribution in [-0.4, -0.2) is 31.8 Å². The van der Waals surface area contributed by atoms with Crippen LogP contribution < -0.4 is 16.0 Å². The summed E-state index contributed by atoms with van der Waals surface area (Å²) in [5.41, 5.74) is 1.11. The van der Waals surface area contributed by atoms with Gasteiger partial charge in [-0.15, -0.1) is 13.2 Å². The average molecular weight is 411 g/mol. The van der Waals surface area contributed by atoms with Crippen LogP contribution in [0, 0.1) is 6.92 Å². The zero-order valence-corrected chi connectivity index (χ0v) is 16.1. The Kier molecular flexibility index (Phi) is 5.31. The Morgan fingerprint density at radius 3 is 2.41 bits per heavy atom. The zero-order valence-electron chi connectivity index (χ0n) is 16.1. The van der Waals surface area contributed by atoms with E-state index < -0.39 is 17.6 Å². The second kappa shape index (κ2) is 7.43. The Morgan fingerprint density at radius 1 is 1.10 bits per heavy atom. The molecular formula is C19H20F3N3O4. The molecule has 1 N–H and O–H groups in total. The fourth-order valence-electron chi connectivity index (χ4n) is 3.64. The van der Waals surface area contributed by atoms with E-state index in [2.05, 4.69) is 4.74 Å². The number of aromatic nitrogens is 3. The molecule has 0 atom stereocenters. The summed E-state index contributed by atoms with van der Waals surface area (Å²) in [6, 6.07) is 5.45. The summed E-state index contributed by atoms with van der Waals surface area (Å²) in [6.07, 6.45) is -4.58. The van der Waals surface area contributed by atoms with Crippen LogP contribution in [0.4, 0.5) is 13.2 Å². The first-order chi connectivity index (χ1) is 13.6. The molecular weight excluding hydrogens is 391 g/mol. The molecule has 0 unspecified atom stereocenters. The molecule has 0 fully saturated rings. The predicted molar refractivity (Wildman–Crippen MR) is 101 cm³/mol. The van der Waals surface area contributed by atoms with Crippen LogP contribution in [0.25, 0.3) is 22.3 Å². The molecule has 0 aliphatic rings. The van der Waals surface area contributed by atoms with Crippen LogP contribution in [0.3, 0.4) is 0 Å². The lowest BCUT2D eigenvalue weighted by Crippen LogP contribution is -2.39. The minimum Gasteiger partial charge on any atom is -0.406 e. The smallest absolute Gasteiger partial charge is 0.406 e. The van der Waals surface area contributed by atoms with Crippen molar-refractivity contribution in [3.05, 3.63) is 50.7 Å². The Bertz CT molecular complexity index is 1190. The van der Waals surface area contributed by atoms with E-state index in [4.69, 9.17) is 5.11 Å². The van der Waals surface area contributed by atoms with Crippen LogP contribution in [0.1, 0.15) is 12.0 Å². The molecule has 10 heteroatoms. The van der Waals surface area contributed by atoms with Crippen molar-refractivity contribution in [3.8, 4) is 17.0 Å². The van der Waals surface area contributed by atoms with Crippen molar-refractivity contribution in [3.63, 3.8) is 0 Å². The van der Waals surface area contributed by atoms with E-state index in [1.54, 1.807) is 24.6 Å². The fourth-order valence-corrected chi connectivity index (χ4v) is 3.64.